The molecule has 0 amide bonds. The minimum absolute atomic E-state index is 0.445. The maximum absolute atomic E-state index is 10.4. The molecule has 2 heterocycles. The van der Waals surface area contributed by atoms with Crippen LogP contribution < -0.4 is 0 Å². The van der Waals surface area contributed by atoms with Crippen molar-refractivity contribution in [3.05, 3.63) is 40.6 Å². The molecule has 2 aromatic heterocycles. The standard InChI is InChI=1S/C13H18ClN3O2/c1-9-4-5-11(19-9)13(18)12-10(14)8-15-17(12)7-6-16(2)3/h4-5,8,13,18H,6-7H2,1-3H3. The van der Waals surface area contributed by atoms with Crippen molar-refractivity contribution in [1.82, 2.24) is 14.7 Å². The molecule has 104 valence electrons. The number of aryl methyl sites for hydroxylation is 1. The molecule has 0 saturated carbocycles. The van der Waals surface area contributed by atoms with E-state index in [1.807, 2.05) is 32.0 Å². The van der Waals surface area contributed by atoms with Crippen LogP contribution in [0.5, 0.6) is 0 Å². The number of aromatic nitrogens is 2. The van der Waals surface area contributed by atoms with Crippen molar-refractivity contribution < 1.29 is 9.52 Å². The van der Waals surface area contributed by atoms with Gasteiger partial charge in [-0.3, -0.25) is 4.68 Å². The Balaban J connectivity index is 2.25. The predicted molar refractivity (Wildman–Crippen MR) is 73.3 cm³/mol. The van der Waals surface area contributed by atoms with Gasteiger partial charge < -0.3 is 14.4 Å². The summed E-state index contributed by atoms with van der Waals surface area (Å²) in [7, 11) is 3.97. The van der Waals surface area contributed by atoms with Crippen LogP contribution >= 0.6 is 11.6 Å². The smallest absolute Gasteiger partial charge is 0.155 e. The van der Waals surface area contributed by atoms with Gasteiger partial charge in [0.1, 0.15) is 11.5 Å². The molecule has 6 heteroatoms. The number of aliphatic hydroxyl groups is 1. The Morgan fingerprint density at radius 1 is 1.47 bits per heavy atom. The summed E-state index contributed by atoms with van der Waals surface area (Å²) in [5.41, 5.74) is 0.567. The molecule has 2 rings (SSSR count). The molecule has 1 unspecified atom stereocenters. The molecule has 0 fully saturated rings. The molecule has 1 N–H and O–H groups in total. The van der Waals surface area contributed by atoms with Crippen LogP contribution in [0.2, 0.25) is 5.02 Å². The lowest BCUT2D eigenvalue weighted by atomic mass is 10.2. The third-order valence-electron chi connectivity index (χ3n) is 2.88. The van der Waals surface area contributed by atoms with Crippen LogP contribution in [-0.2, 0) is 6.54 Å². The van der Waals surface area contributed by atoms with E-state index < -0.39 is 6.10 Å². The second-order valence-electron chi connectivity index (χ2n) is 4.76. The first-order chi connectivity index (χ1) is 8.99. The number of hydrogen-bond donors (Lipinski definition) is 1. The zero-order valence-electron chi connectivity index (χ0n) is 11.3. The fraction of sp³-hybridized carbons (Fsp3) is 0.462. The number of rotatable bonds is 5. The van der Waals surface area contributed by atoms with Crippen LogP contribution in [0.25, 0.3) is 0 Å². The normalized spacial score (nSPS) is 13.2. The van der Waals surface area contributed by atoms with Gasteiger partial charge in [-0.15, -0.1) is 0 Å². The maximum Gasteiger partial charge on any atom is 0.155 e. The second kappa shape index (κ2) is 5.77. The summed E-state index contributed by atoms with van der Waals surface area (Å²) < 4.78 is 7.16. The monoisotopic (exact) mass is 283 g/mol. The second-order valence-corrected chi connectivity index (χ2v) is 5.16. The molecule has 0 spiro atoms. The lowest BCUT2D eigenvalue weighted by Crippen LogP contribution is -2.21. The number of halogens is 1. The summed E-state index contributed by atoms with van der Waals surface area (Å²) in [6, 6.07) is 3.56. The minimum atomic E-state index is -0.897. The Bertz CT molecular complexity index is 548. The van der Waals surface area contributed by atoms with Crippen molar-refractivity contribution in [2.45, 2.75) is 19.6 Å². The number of hydrogen-bond acceptors (Lipinski definition) is 4. The van der Waals surface area contributed by atoms with Crippen LogP contribution in [0, 0.1) is 6.92 Å². The SMILES string of the molecule is Cc1ccc(C(O)c2c(Cl)cnn2CCN(C)C)o1. The Morgan fingerprint density at radius 3 is 2.79 bits per heavy atom. The van der Waals surface area contributed by atoms with Crippen LogP contribution in [0.3, 0.4) is 0 Å². The molecular weight excluding hydrogens is 266 g/mol. The average molecular weight is 284 g/mol. The van der Waals surface area contributed by atoms with Gasteiger partial charge in [-0.25, -0.2) is 0 Å². The highest BCUT2D eigenvalue weighted by atomic mass is 35.5. The summed E-state index contributed by atoms with van der Waals surface area (Å²) in [6.45, 7) is 3.31. The molecule has 19 heavy (non-hydrogen) atoms. The van der Waals surface area contributed by atoms with Gasteiger partial charge in [0.25, 0.3) is 0 Å². The third-order valence-corrected chi connectivity index (χ3v) is 3.17. The predicted octanol–water partition coefficient (Wildman–Crippen LogP) is 2.08. The minimum Gasteiger partial charge on any atom is -0.463 e. The molecular formula is C13H18ClN3O2. The van der Waals surface area contributed by atoms with Crippen LogP contribution in [0.4, 0.5) is 0 Å². The van der Waals surface area contributed by atoms with E-state index in [-0.39, 0.29) is 0 Å². The molecule has 1 atom stereocenters. The summed E-state index contributed by atoms with van der Waals surface area (Å²) >= 11 is 6.11. The van der Waals surface area contributed by atoms with Gasteiger partial charge in [-0.05, 0) is 33.2 Å². The van der Waals surface area contributed by atoms with Gasteiger partial charge in [0, 0.05) is 6.54 Å². The molecule has 0 saturated heterocycles. The van der Waals surface area contributed by atoms with E-state index in [0.29, 0.717) is 23.0 Å². The van der Waals surface area contributed by atoms with E-state index >= 15 is 0 Å². The van der Waals surface area contributed by atoms with Gasteiger partial charge in [0.05, 0.1) is 23.5 Å². The van der Waals surface area contributed by atoms with Crippen molar-refractivity contribution in [1.29, 1.82) is 0 Å². The van der Waals surface area contributed by atoms with E-state index in [1.54, 1.807) is 16.9 Å². The third kappa shape index (κ3) is 3.18. The summed E-state index contributed by atoms with van der Waals surface area (Å²) in [5, 5.41) is 15.0. The zero-order chi connectivity index (χ0) is 14.0. The van der Waals surface area contributed by atoms with Crippen LogP contribution in [0.1, 0.15) is 23.3 Å². The van der Waals surface area contributed by atoms with Gasteiger partial charge in [-0.1, -0.05) is 11.6 Å². The highest BCUT2D eigenvalue weighted by molar-refractivity contribution is 6.31. The van der Waals surface area contributed by atoms with Gasteiger partial charge in [0.15, 0.2) is 6.10 Å². The van der Waals surface area contributed by atoms with Gasteiger partial charge in [0.2, 0.25) is 0 Å². The number of aliphatic hydroxyl groups excluding tert-OH is 1. The Kier molecular flexibility index (Phi) is 4.29. The lowest BCUT2D eigenvalue weighted by Gasteiger charge is -2.14. The molecule has 0 aliphatic heterocycles. The first-order valence-corrected chi connectivity index (χ1v) is 6.47. The van der Waals surface area contributed by atoms with Crippen LogP contribution in [0.15, 0.2) is 22.7 Å². The molecule has 0 bridgehead atoms. The molecule has 0 aliphatic rings. The quantitative estimate of drug-likeness (QED) is 0.913. The van der Waals surface area contributed by atoms with Crippen molar-refractivity contribution in [2.24, 2.45) is 0 Å². The first kappa shape index (κ1) is 14.1. The number of furan rings is 1. The zero-order valence-corrected chi connectivity index (χ0v) is 12.1. The fourth-order valence-corrected chi connectivity index (χ4v) is 2.10. The lowest BCUT2D eigenvalue weighted by molar-refractivity contribution is 0.175. The van der Waals surface area contributed by atoms with E-state index in [2.05, 4.69) is 5.10 Å². The van der Waals surface area contributed by atoms with E-state index in [1.165, 1.54) is 0 Å². The highest BCUT2D eigenvalue weighted by Crippen LogP contribution is 2.29. The van der Waals surface area contributed by atoms with E-state index in [4.69, 9.17) is 16.0 Å². The van der Waals surface area contributed by atoms with Crippen molar-refractivity contribution in [3.63, 3.8) is 0 Å². The molecule has 0 aliphatic carbocycles. The molecule has 5 nitrogen and oxygen atoms in total. The molecule has 0 radical (unpaired) electrons. The highest BCUT2D eigenvalue weighted by Gasteiger charge is 2.22. The Morgan fingerprint density at radius 2 is 2.21 bits per heavy atom. The van der Waals surface area contributed by atoms with Gasteiger partial charge in [-0.2, -0.15) is 5.10 Å². The number of likely N-dealkylation sites (N-methyl/N-ethyl adjacent to an activating group) is 1. The summed E-state index contributed by atoms with van der Waals surface area (Å²) in [6.07, 6.45) is 0.650. The van der Waals surface area contributed by atoms with E-state index in [9.17, 15) is 5.11 Å². The maximum atomic E-state index is 10.4. The van der Waals surface area contributed by atoms with Crippen molar-refractivity contribution >= 4 is 11.6 Å². The van der Waals surface area contributed by atoms with Crippen LogP contribution in [-0.4, -0.2) is 40.4 Å². The molecule has 0 aromatic carbocycles. The van der Waals surface area contributed by atoms with Crippen molar-refractivity contribution in [3.8, 4) is 0 Å². The summed E-state index contributed by atoms with van der Waals surface area (Å²) in [4.78, 5) is 2.04. The van der Waals surface area contributed by atoms with Crippen molar-refractivity contribution in [2.75, 3.05) is 20.6 Å². The fourth-order valence-electron chi connectivity index (χ4n) is 1.85. The first-order valence-electron chi connectivity index (χ1n) is 6.09. The summed E-state index contributed by atoms with van der Waals surface area (Å²) in [5.74, 6) is 1.23. The topological polar surface area (TPSA) is 54.4 Å². The average Bonchev–Trinajstić information content (AvgIpc) is 2.92. The Hall–Kier alpha value is -1.30. The molecule has 2 aromatic rings. The Labute approximate surface area is 117 Å². The largest absolute Gasteiger partial charge is 0.463 e. The number of nitrogens with zero attached hydrogens (tertiary/aromatic N) is 3. The van der Waals surface area contributed by atoms with E-state index in [0.717, 1.165) is 12.3 Å². The van der Waals surface area contributed by atoms with Gasteiger partial charge >= 0.3 is 0 Å².